The number of hydrogen-bond donors (Lipinski definition) is 2. The summed E-state index contributed by atoms with van der Waals surface area (Å²) in [6, 6.07) is 1.67. The first kappa shape index (κ1) is 13.2. The van der Waals surface area contributed by atoms with Crippen LogP contribution in [0.25, 0.3) is 0 Å². The molecule has 0 amide bonds. The molecule has 1 unspecified atom stereocenters. The van der Waals surface area contributed by atoms with Gasteiger partial charge in [-0.25, -0.2) is 0 Å². The minimum absolute atomic E-state index is 0.111. The van der Waals surface area contributed by atoms with Gasteiger partial charge in [0, 0.05) is 0 Å². The molecule has 0 rings (SSSR count). The maximum atomic E-state index is 8.59. The molecule has 0 aromatic carbocycles. The first-order valence-electron chi connectivity index (χ1n) is 4.63. The van der Waals surface area contributed by atoms with Crippen molar-refractivity contribution in [2.45, 2.75) is 33.3 Å². The fourth-order valence-electron chi connectivity index (χ4n) is 1.02. The molecule has 0 aliphatic carbocycles. The van der Waals surface area contributed by atoms with E-state index in [1.54, 1.807) is 6.07 Å². The molecule has 84 valence electrons. The Morgan fingerprint density at radius 3 is 2.53 bits per heavy atom. The Kier molecular flexibility index (Phi) is 5.86. The standard InChI is InChI=1S/C9H16N4O2/c1-6(2)4-7(3)15-13-8(5-10)9(11)12-14/h6-7,14H,4H2,1-3H3,(H2,11,12). The van der Waals surface area contributed by atoms with E-state index in [-0.39, 0.29) is 17.7 Å². The van der Waals surface area contributed by atoms with E-state index in [0.717, 1.165) is 6.42 Å². The van der Waals surface area contributed by atoms with Gasteiger partial charge in [-0.15, -0.1) is 0 Å². The quantitative estimate of drug-likeness (QED) is 0.307. The van der Waals surface area contributed by atoms with Crippen LogP contribution in [0.3, 0.4) is 0 Å². The van der Waals surface area contributed by atoms with Crippen LogP contribution in [0.1, 0.15) is 27.2 Å². The highest BCUT2D eigenvalue weighted by molar-refractivity contribution is 6.46. The van der Waals surface area contributed by atoms with Gasteiger partial charge in [0.25, 0.3) is 0 Å². The monoisotopic (exact) mass is 212 g/mol. The largest absolute Gasteiger partial charge is 0.409 e. The molecule has 0 saturated heterocycles. The van der Waals surface area contributed by atoms with Gasteiger partial charge in [0.05, 0.1) is 0 Å². The second-order valence-electron chi connectivity index (χ2n) is 3.58. The molecular weight excluding hydrogens is 196 g/mol. The van der Waals surface area contributed by atoms with Crippen molar-refractivity contribution in [1.82, 2.24) is 0 Å². The van der Waals surface area contributed by atoms with Crippen LogP contribution in [-0.2, 0) is 4.84 Å². The number of amidine groups is 1. The third-order valence-electron chi connectivity index (χ3n) is 1.58. The van der Waals surface area contributed by atoms with Crippen LogP contribution >= 0.6 is 0 Å². The molecular formula is C9H16N4O2. The van der Waals surface area contributed by atoms with Crippen molar-refractivity contribution in [3.63, 3.8) is 0 Å². The minimum Gasteiger partial charge on any atom is -0.409 e. The second-order valence-corrected chi connectivity index (χ2v) is 3.58. The van der Waals surface area contributed by atoms with Crippen LogP contribution < -0.4 is 5.73 Å². The molecule has 0 heterocycles. The number of nitrogens with two attached hydrogens (primary N) is 1. The lowest BCUT2D eigenvalue weighted by Crippen LogP contribution is -2.23. The molecule has 1 atom stereocenters. The summed E-state index contributed by atoms with van der Waals surface area (Å²) in [6.07, 6.45) is 0.707. The van der Waals surface area contributed by atoms with E-state index in [0.29, 0.717) is 5.92 Å². The minimum atomic E-state index is -0.353. The highest BCUT2D eigenvalue weighted by Gasteiger charge is 2.08. The fraction of sp³-hybridized carbons (Fsp3) is 0.667. The third-order valence-corrected chi connectivity index (χ3v) is 1.58. The van der Waals surface area contributed by atoms with Crippen LogP contribution in [-0.4, -0.2) is 22.9 Å². The van der Waals surface area contributed by atoms with Crippen molar-refractivity contribution in [2.75, 3.05) is 0 Å². The van der Waals surface area contributed by atoms with E-state index in [4.69, 9.17) is 21.0 Å². The molecule has 0 aromatic rings. The number of nitriles is 1. The zero-order valence-corrected chi connectivity index (χ0v) is 9.14. The van der Waals surface area contributed by atoms with Gasteiger partial charge in [0.15, 0.2) is 0 Å². The SMILES string of the molecule is CC(C)CC(C)ON=C(C#N)C(N)=NO. The van der Waals surface area contributed by atoms with Gasteiger partial charge in [0.2, 0.25) is 11.5 Å². The molecule has 6 heteroatoms. The highest BCUT2D eigenvalue weighted by atomic mass is 16.6. The molecule has 0 saturated carbocycles. The van der Waals surface area contributed by atoms with Gasteiger partial charge >= 0.3 is 0 Å². The van der Waals surface area contributed by atoms with Crippen molar-refractivity contribution >= 4 is 11.5 Å². The zero-order valence-electron chi connectivity index (χ0n) is 9.14. The number of rotatable bonds is 5. The first-order chi connectivity index (χ1) is 7.01. The van der Waals surface area contributed by atoms with E-state index < -0.39 is 0 Å². The lowest BCUT2D eigenvalue weighted by molar-refractivity contribution is 0.0582. The average molecular weight is 212 g/mol. The Morgan fingerprint density at radius 1 is 1.53 bits per heavy atom. The van der Waals surface area contributed by atoms with Gasteiger partial charge in [-0.2, -0.15) is 5.26 Å². The van der Waals surface area contributed by atoms with E-state index in [1.807, 2.05) is 6.92 Å². The number of oxime groups is 2. The van der Waals surface area contributed by atoms with Gasteiger partial charge in [-0.3, -0.25) is 0 Å². The highest BCUT2D eigenvalue weighted by Crippen LogP contribution is 2.07. The maximum absolute atomic E-state index is 8.59. The Balaban J connectivity index is 4.31. The Bertz CT molecular complexity index is 291. The zero-order chi connectivity index (χ0) is 11.8. The summed E-state index contributed by atoms with van der Waals surface area (Å²) in [5.41, 5.74) is 4.95. The van der Waals surface area contributed by atoms with Crippen molar-refractivity contribution in [3.8, 4) is 6.07 Å². The van der Waals surface area contributed by atoms with Crippen molar-refractivity contribution < 1.29 is 10.0 Å². The Hall–Kier alpha value is -1.77. The van der Waals surface area contributed by atoms with Crippen LogP contribution in [0.4, 0.5) is 0 Å². The predicted molar refractivity (Wildman–Crippen MR) is 56.5 cm³/mol. The summed E-state index contributed by atoms with van der Waals surface area (Å²) in [6.45, 7) is 5.95. The molecule has 3 N–H and O–H groups in total. The molecule has 0 fully saturated rings. The first-order valence-corrected chi connectivity index (χ1v) is 4.63. The molecule has 0 spiro atoms. The number of hydrogen-bond acceptors (Lipinski definition) is 5. The molecule has 6 nitrogen and oxygen atoms in total. The van der Waals surface area contributed by atoms with Gasteiger partial charge in [-0.1, -0.05) is 24.2 Å². The van der Waals surface area contributed by atoms with E-state index in [1.165, 1.54) is 0 Å². The van der Waals surface area contributed by atoms with E-state index >= 15 is 0 Å². The fourth-order valence-corrected chi connectivity index (χ4v) is 1.02. The van der Waals surface area contributed by atoms with Crippen LogP contribution in [0.15, 0.2) is 10.3 Å². The van der Waals surface area contributed by atoms with Gasteiger partial charge in [-0.05, 0) is 19.3 Å². The molecule has 0 aromatic heterocycles. The van der Waals surface area contributed by atoms with Gasteiger partial charge < -0.3 is 15.8 Å². The second kappa shape index (κ2) is 6.65. The maximum Gasteiger partial charge on any atom is 0.224 e. The summed E-state index contributed by atoms with van der Waals surface area (Å²) in [5.74, 6) is 0.124. The van der Waals surface area contributed by atoms with E-state index in [9.17, 15) is 0 Å². The van der Waals surface area contributed by atoms with Crippen molar-refractivity contribution in [2.24, 2.45) is 22.0 Å². The molecule has 0 aliphatic rings. The van der Waals surface area contributed by atoms with Crippen LogP contribution in [0, 0.1) is 17.2 Å². The molecule has 0 radical (unpaired) electrons. The topological polar surface area (TPSA) is 104 Å². The van der Waals surface area contributed by atoms with E-state index in [2.05, 4.69) is 24.2 Å². The molecule has 0 bridgehead atoms. The number of nitrogens with zero attached hydrogens (tertiary/aromatic N) is 3. The predicted octanol–water partition coefficient (Wildman–Crippen LogP) is 1.06. The Morgan fingerprint density at radius 2 is 2.13 bits per heavy atom. The third kappa shape index (κ3) is 5.52. The lowest BCUT2D eigenvalue weighted by atomic mass is 10.1. The Labute approximate surface area is 89.0 Å². The summed E-state index contributed by atoms with van der Waals surface area (Å²) < 4.78 is 0. The van der Waals surface area contributed by atoms with Crippen molar-refractivity contribution in [1.29, 1.82) is 5.26 Å². The van der Waals surface area contributed by atoms with Crippen LogP contribution in [0.2, 0.25) is 0 Å². The van der Waals surface area contributed by atoms with Crippen molar-refractivity contribution in [3.05, 3.63) is 0 Å². The van der Waals surface area contributed by atoms with Gasteiger partial charge in [0.1, 0.15) is 12.2 Å². The summed E-state index contributed by atoms with van der Waals surface area (Å²) in [5, 5.41) is 23.1. The molecule has 0 aliphatic heterocycles. The summed E-state index contributed by atoms with van der Waals surface area (Å²) in [7, 11) is 0. The van der Waals surface area contributed by atoms with Crippen LogP contribution in [0.5, 0.6) is 0 Å². The average Bonchev–Trinajstić information content (AvgIpc) is 2.17. The lowest BCUT2D eigenvalue weighted by Gasteiger charge is -2.11. The smallest absolute Gasteiger partial charge is 0.224 e. The normalized spacial score (nSPS) is 14.9. The summed E-state index contributed by atoms with van der Waals surface area (Å²) >= 11 is 0. The molecule has 15 heavy (non-hydrogen) atoms. The summed E-state index contributed by atoms with van der Waals surface area (Å²) in [4.78, 5) is 5.02.